The van der Waals surface area contributed by atoms with E-state index in [1.54, 1.807) is 0 Å². The molecule has 3 heteroatoms. The predicted molar refractivity (Wildman–Crippen MR) is 68.5 cm³/mol. The third-order valence-corrected chi connectivity index (χ3v) is 4.39. The van der Waals surface area contributed by atoms with Gasteiger partial charge in [0.05, 0.1) is 0 Å². The average molecular weight is 225 g/mol. The predicted octanol–water partition coefficient (Wildman–Crippen LogP) is 1.33. The molecular weight excluding hydrogens is 198 g/mol. The fraction of sp³-hybridized carbons (Fsp3) is 1.00. The summed E-state index contributed by atoms with van der Waals surface area (Å²) in [6.45, 7) is 3.57. The number of hydrogen-bond donors (Lipinski definition) is 2. The van der Waals surface area contributed by atoms with E-state index in [0.717, 1.165) is 12.1 Å². The van der Waals surface area contributed by atoms with Crippen LogP contribution in [0.1, 0.15) is 45.4 Å². The monoisotopic (exact) mass is 225 g/mol. The van der Waals surface area contributed by atoms with E-state index in [9.17, 15) is 0 Å². The zero-order valence-corrected chi connectivity index (χ0v) is 10.8. The molecule has 1 aliphatic heterocycles. The number of nitrogens with one attached hydrogen (secondary N) is 1. The summed E-state index contributed by atoms with van der Waals surface area (Å²) in [5.41, 5.74) is 6.03. The summed E-state index contributed by atoms with van der Waals surface area (Å²) in [5.74, 6) is 0. The highest BCUT2D eigenvalue weighted by atomic mass is 15.1. The minimum Gasteiger partial charge on any atom is -0.328 e. The Kier molecular flexibility index (Phi) is 4.22. The van der Waals surface area contributed by atoms with Gasteiger partial charge in [-0.25, -0.2) is 0 Å². The Bertz CT molecular complexity index is 219. The van der Waals surface area contributed by atoms with Gasteiger partial charge in [0.25, 0.3) is 0 Å². The highest BCUT2D eigenvalue weighted by Gasteiger charge is 2.26. The summed E-state index contributed by atoms with van der Waals surface area (Å²) in [4.78, 5) is 2.46. The number of nitrogens with zero attached hydrogens (tertiary/aromatic N) is 1. The van der Waals surface area contributed by atoms with Crippen LogP contribution in [0.2, 0.25) is 0 Å². The summed E-state index contributed by atoms with van der Waals surface area (Å²) in [6.07, 6.45) is 7.63. The van der Waals surface area contributed by atoms with Crippen LogP contribution in [0.3, 0.4) is 0 Å². The number of likely N-dealkylation sites (tertiary alicyclic amines) is 1. The summed E-state index contributed by atoms with van der Waals surface area (Å²) in [7, 11) is 2.23. The number of nitrogens with two attached hydrogens (primary N) is 1. The van der Waals surface area contributed by atoms with Gasteiger partial charge < -0.3 is 16.0 Å². The first-order valence-corrected chi connectivity index (χ1v) is 6.87. The van der Waals surface area contributed by atoms with E-state index in [0.29, 0.717) is 12.1 Å². The normalized spacial score (nSPS) is 42.2. The van der Waals surface area contributed by atoms with Crippen molar-refractivity contribution in [2.24, 2.45) is 5.73 Å². The molecule has 0 aromatic rings. The van der Waals surface area contributed by atoms with Crippen LogP contribution in [0.25, 0.3) is 0 Å². The highest BCUT2D eigenvalue weighted by molar-refractivity contribution is 4.87. The molecule has 2 rings (SSSR count). The fourth-order valence-electron chi connectivity index (χ4n) is 3.15. The lowest BCUT2D eigenvalue weighted by Gasteiger charge is -2.38. The molecule has 2 fully saturated rings. The average Bonchev–Trinajstić information content (AvgIpc) is 2.24. The van der Waals surface area contributed by atoms with Crippen molar-refractivity contribution < 1.29 is 0 Å². The van der Waals surface area contributed by atoms with Gasteiger partial charge in [0.15, 0.2) is 0 Å². The third-order valence-electron chi connectivity index (χ3n) is 4.39. The van der Waals surface area contributed by atoms with Crippen molar-refractivity contribution in [2.75, 3.05) is 13.6 Å². The first-order chi connectivity index (χ1) is 7.65. The summed E-state index contributed by atoms with van der Waals surface area (Å²) in [6, 6.07) is 2.57. The van der Waals surface area contributed by atoms with Crippen molar-refractivity contribution in [3.05, 3.63) is 0 Å². The van der Waals surface area contributed by atoms with Crippen LogP contribution in [0.15, 0.2) is 0 Å². The van der Waals surface area contributed by atoms with Crippen molar-refractivity contribution in [3.8, 4) is 0 Å². The lowest BCUT2D eigenvalue weighted by atomic mass is 9.89. The van der Waals surface area contributed by atoms with Crippen molar-refractivity contribution in [1.29, 1.82) is 0 Å². The number of rotatable bonds is 2. The van der Waals surface area contributed by atoms with Gasteiger partial charge in [-0.2, -0.15) is 0 Å². The van der Waals surface area contributed by atoms with Crippen molar-refractivity contribution >= 4 is 0 Å². The molecule has 3 nitrogen and oxygen atoms in total. The first kappa shape index (κ1) is 12.3. The maximum atomic E-state index is 6.03. The van der Waals surface area contributed by atoms with E-state index in [2.05, 4.69) is 24.2 Å². The Labute approximate surface area is 99.8 Å². The van der Waals surface area contributed by atoms with Gasteiger partial charge in [-0.3, -0.25) is 0 Å². The number of piperidine rings is 1. The van der Waals surface area contributed by atoms with E-state index in [4.69, 9.17) is 5.73 Å². The lowest BCUT2D eigenvalue weighted by Crippen LogP contribution is -2.50. The molecule has 0 amide bonds. The largest absolute Gasteiger partial charge is 0.328 e. The molecule has 0 spiro atoms. The molecule has 94 valence electrons. The molecule has 4 atom stereocenters. The quantitative estimate of drug-likeness (QED) is 0.745. The minimum absolute atomic E-state index is 0.440. The Morgan fingerprint density at radius 2 is 1.88 bits per heavy atom. The van der Waals surface area contributed by atoms with Crippen LogP contribution in [-0.2, 0) is 0 Å². The molecule has 1 aliphatic carbocycles. The standard InChI is InChI=1S/C13H27N3/c1-10-8-13(6-7-16(10)2)15-12-5-3-4-11(14)9-12/h10-13,15H,3-9,14H2,1-2H3. The highest BCUT2D eigenvalue weighted by Crippen LogP contribution is 2.21. The van der Waals surface area contributed by atoms with Crippen LogP contribution in [0, 0.1) is 0 Å². The van der Waals surface area contributed by atoms with Gasteiger partial charge in [-0.05, 0) is 52.6 Å². The summed E-state index contributed by atoms with van der Waals surface area (Å²) in [5, 5.41) is 3.83. The maximum absolute atomic E-state index is 6.03. The second-order valence-electron chi connectivity index (χ2n) is 5.84. The Balaban J connectivity index is 1.76. The Morgan fingerprint density at radius 1 is 1.12 bits per heavy atom. The molecule has 1 saturated heterocycles. The molecule has 0 radical (unpaired) electrons. The molecule has 1 saturated carbocycles. The van der Waals surface area contributed by atoms with Crippen molar-refractivity contribution in [3.63, 3.8) is 0 Å². The minimum atomic E-state index is 0.440. The van der Waals surface area contributed by atoms with Crippen LogP contribution in [0.4, 0.5) is 0 Å². The van der Waals surface area contributed by atoms with Crippen LogP contribution in [0.5, 0.6) is 0 Å². The van der Waals surface area contributed by atoms with E-state index >= 15 is 0 Å². The van der Waals surface area contributed by atoms with Gasteiger partial charge in [0.2, 0.25) is 0 Å². The molecule has 0 bridgehead atoms. The fourth-order valence-corrected chi connectivity index (χ4v) is 3.15. The van der Waals surface area contributed by atoms with Gasteiger partial charge in [0.1, 0.15) is 0 Å². The second-order valence-corrected chi connectivity index (χ2v) is 5.84. The molecule has 0 aromatic carbocycles. The third kappa shape index (κ3) is 3.19. The smallest absolute Gasteiger partial charge is 0.00966 e. The van der Waals surface area contributed by atoms with Crippen molar-refractivity contribution in [1.82, 2.24) is 10.2 Å². The van der Waals surface area contributed by atoms with Crippen molar-refractivity contribution in [2.45, 2.75) is 69.6 Å². The van der Waals surface area contributed by atoms with E-state index < -0.39 is 0 Å². The van der Waals surface area contributed by atoms with Crippen LogP contribution in [-0.4, -0.2) is 42.7 Å². The lowest BCUT2D eigenvalue weighted by molar-refractivity contribution is 0.155. The molecule has 3 N–H and O–H groups in total. The molecule has 2 aliphatic rings. The SMILES string of the molecule is CC1CC(NC2CCCC(N)C2)CCN1C. The van der Waals surface area contributed by atoms with E-state index in [-0.39, 0.29) is 0 Å². The summed E-state index contributed by atoms with van der Waals surface area (Å²) >= 11 is 0. The first-order valence-electron chi connectivity index (χ1n) is 6.87. The van der Waals surface area contributed by atoms with Gasteiger partial charge in [0, 0.05) is 24.2 Å². The van der Waals surface area contributed by atoms with Crippen LogP contribution >= 0.6 is 0 Å². The zero-order chi connectivity index (χ0) is 11.5. The topological polar surface area (TPSA) is 41.3 Å². The maximum Gasteiger partial charge on any atom is 0.00966 e. The van der Waals surface area contributed by atoms with Gasteiger partial charge >= 0.3 is 0 Å². The second kappa shape index (κ2) is 5.48. The molecule has 16 heavy (non-hydrogen) atoms. The zero-order valence-electron chi connectivity index (χ0n) is 10.8. The van der Waals surface area contributed by atoms with Gasteiger partial charge in [-0.15, -0.1) is 0 Å². The molecular formula is C13H27N3. The number of hydrogen-bond acceptors (Lipinski definition) is 3. The molecule has 4 unspecified atom stereocenters. The molecule has 0 aromatic heterocycles. The van der Waals surface area contributed by atoms with E-state index in [1.807, 2.05) is 0 Å². The Morgan fingerprint density at radius 3 is 2.56 bits per heavy atom. The Hall–Kier alpha value is -0.120. The summed E-state index contributed by atoms with van der Waals surface area (Å²) < 4.78 is 0. The van der Waals surface area contributed by atoms with Crippen LogP contribution < -0.4 is 11.1 Å². The molecule has 1 heterocycles. The van der Waals surface area contributed by atoms with E-state index in [1.165, 1.54) is 45.1 Å². The van der Waals surface area contributed by atoms with Gasteiger partial charge in [-0.1, -0.05) is 6.42 Å².